The quantitative estimate of drug-likeness (QED) is 0.627. The Morgan fingerprint density at radius 2 is 1.95 bits per heavy atom. The lowest BCUT2D eigenvalue weighted by atomic mass is 10.2. The highest BCUT2D eigenvalue weighted by Gasteiger charge is 2.18. The number of rotatable bonds is 4. The molecule has 114 valence electrons. The second kappa shape index (κ2) is 7.04. The zero-order chi connectivity index (χ0) is 16.1. The zero-order valence-corrected chi connectivity index (χ0v) is 12.8. The summed E-state index contributed by atoms with van der Waals surface area (Å²) in [5.41, 5.74) is 0.697. The third-order valence-corrected chi connectivity index (χ3v) is 3.15. The molecule has 0 saturated carbocycles. The van der Waals surface area contributed by atoms with Gasteiger partial charge in [0.1, 0.15) is 0 Å². The number of benzene rings is 2. The number of amides is 1. The molecule has 2 rings (SSSR count). The van der Waals surface area contributed by atoms with Crippen LogP contribution < -0.4 is 9.75 Å². The number of nitrogens with zero attached hydrogens (tertiary/aromatic N) is 2. The van der Waals surface area contributed by atoms with Crippen LogP contribution in [0.25, 0.3) is 0 Å². The van der Waals surface area contributed by atoms with Gasteiger partial charge in [0.05, 0.1) is 12.8 Å². The van der Waals surface area contributed by atoms with Crippen LogP contribution in [0.5, 0.6) is 5.75 Å². The Labute approximate surface area is 132 Å². The highest BCUT2D eigenvalue weighted by atomic mass is 35.5. The maximum atomic E-state index is 13.8. The minimum atomic E-state index is -0.569. The number of hydrogen-bond donors (Lipinski definition) is 0. The van der Waals surface area contributed by atoms with E-state index in [0.29, 0.717) is 16.3 Å². The Morgan fingerprint density at radius 3 is 2.50 bits per heavy atom. The number of carbonyl (C=O) groups excluding carboxylic acids is 1. The Balaban J connectivity index is 2.39. The first kappa shape index (κ1) is 16.0. The van der Waals surface area contributed by atoms with Gasteiger partial charge in [-0.15, -0.1) is 0 Å². The van der Waals surface area contributed by atoms with Gasteiger partial charge in [-0.3, -0.25) is 4.79 Å². The summed E-state index contributed by atoms with van der Waals surface area (Å²) in [4.78, 5) is 12.5. The van der Waals surface area contributed by atoms with Crippen molar-refractivity contribution in [1.29, 1.82) is 0 Å². The maximum absolute atomic E-state index is 13.8. The Kier molecular flexibility index (Phi) is 5.12. The normalized spacial score (nSPS) is 10.7. The van der Waals surface area contributed by atoms with Gasteiger partial charge in [-0.2, -0.15) is 10.1 Å². The van der Waals surface area contributed by atoms with Gasteiger partial charge in [0.15, 0.2) is 11.6 Å². The van der Waals surface area contributed by atoms with Gasteiger partial charge in [-0.05, 0) is 43.3 Å². The van der Waals surface area contributed by atoms with Gasteiger partial charge in [0, 0.05) is 22.9 Å². The van der Waals surface area contributed by atoms with Crippen LogP contribution in [0.3, 0.4) is 0 Å². The molecule has 0 spiro atoms. The third kappa shape index (κ3) is 3.43. The predicted molar refractivity (Wildman–Crippen MR) is 85.4 cm³/mol. The number of hydrazone groups is 1. The molecule has 0 bridgehead atoms. The molecule has 2 aromatic rings. The lowest BCUT2D eigenvalue weighted by Gasteiger charge is -2.17. The minimum Gasteiger partial charge on any atom is -0.494 e. The molecule has 1 amide bonds. The van der Waals surface area contributed by atoms with E-state index in [1.807, 2.05) is 0 Å². The summed E-state index contributed by atoms with van der Waals surface area (Å²) in [5, 5.41) is 5.65. The number of methoxy groups -OCH3 is 1. The average Bonchev–Trinajstić information content (AvgIpc) is 2.52. The molecule has 0 aromatic heterocycles. The molecule has 0 aliphatic heterocycles. The van der Waals surface area contributed by atoms with E-state index >= 15 is 0 Å². The molecule has 0 saturated heterocycles. The molecule has 0 radical (unpaired) electrons. The van der Waals surface area contributed by atoms with E-state index in [2.05, 4.69) is 5.10 Å². The van der Waals surface area contributed by atoms with Crippen molar-refractivity contribution in [3.8, 4) is 5.75 Å². The molecule has 0 aliphatic rings. The average molecular weight is 321 g/mol. The van der Waals surface area contributed by atoms with E-state index in [1.54, 1.807) is 37.3 Å². The standard InChI is InChI=1S/C16H14ClFN2O2/c1-3-19-20(13-8-9-15(22-2)14(18)10-13)16(21)11-4-6-12(17)7-5-11/h3-10H,1-2H3/b19-3-. The van der Waals surface area contributed by atoms with E-state index < -0.39 is 5.82 Å². The number of hydrogen-bond acceptors (Lipinski definition) is 3. The van der Waals surface area contributed by atoms with Crippen molar-refractivity contribution >= 4 is 29.4 Å². The summed E-state index contributed by atoms with van der Waals surface area (Å²) in [6.45, 7) is 1.67. The van der Waals surface area contributed by atoms with E-state index in [1.165, 1.54) is 25.5 Å². The molecule has 0 fully saturated rings. The highest BCUT2D eigenvalue weighted by molar-refractivity contribution is 6.30. The first-order chi connectivity index (χ1) is 10.6. The van der Waals surface area contributed by atoms with Gasteiger partial charge >= 0.3 is 0 Å². The fourth-order valence-corrected chi connectivity index (χ4v) is 1.98. The van der Waals surface area contributed by atoms with E-state index in [0.717, 1.165) is 5.01 Å². The molecule has 0 heterocycles. The summed E-state index contributed by atoms with van der Waals surface area (Å²) in [6, 6.07) is 10.6. The molecule has 0 unspecified atom stereocenters. The van der Waals surface area contributed by atoms with Crippen LogP contribution in [0.15, 0.2) is 47.6 Å². The van der Waals surface area contributed by atoms with Gasteiger partial charge in [-0.1, -0.05) is 11.6 Å². The Morgan fingerprint density at radius 1 is 1.27 bits per heavy atom. The van der Waals surface area contributed by atoms with Gasteiger partial charge < -0.3 is 4.74 Å². The number of ether oxygens (including phenoxy) is 1. The molecule has 22 heavy (non-hydrogen) atoms. The highest BCUT2D eigenvalue weighted by Crippen LogP contribution is 2.25. The molecular weight excluding hydrogens is 307 g/mol. The van der Waals surface area contributed by atoms with Crippen LogP contribution >= 0.6 is 11.6 Å². The topological polar surface area (TPSA) is 41.9 Å². The lowest BCUT2D eigenvalue weighted by Crippen LogP contribution is -2.25. The monoisotopic (exact) mass is 320 g/mol. The molecular formula is C16H14ClFN2O2. The number of anilines is 1. The molecule has 0 N–H and O–H groups in total. The molecule has 2 aromatic carbocycles. The molecule has 0 atom stereocenters. The first-order valence-electron chi connectivity index (χ1n) is 6.49. The second-order valence-electron chi connectivity index (χ2n) is 4.32. The van der Waals surface area contributed by atoms with E-state index in [9.17, 15) is 9.18 Å². The van der Waals surface area contributed by atoms with E-state index in [4.69, 9.17) is 16.3 Å². The summed E-state index contributed by atoms with van der Waals surface area (Å²) in [6.07, 6.45) is 1.45. The van der Waals surface area contributed by atoms with Crippen molar-refractivity contribution in [2.75, 3.05) is 12.1 Å². The summed E-state index contributed by atoms with van der Waals surface area (Å²) in [5.74, 6) is -0.859. The van der Waals surface area contributed by atoms with Crippen molar-refractivity contribution in [2.24, 2.45) is 5.10 Å². The van der Waals surface area contributed by atoms with Crippen molar-refractivity contribution < 1.29 is 13.9 Å². The largest absolute Gasteiger partial charge is 0.494 e. The predicted octanol–water partition coefficient (Wildman–Crippen LogP) is 4.14. The summed E-state index contributed by atoms with van der Waals surface area (Å²) >= 11 is 5.81. The zero-order valence-electron chi connectivity index (χ0n) is 12.1. The van der Waals surface area contributed by atoms with Gasteiger partial charge in [-0.25, -0.2) is 4.39 Å². The molecule has 0 aliphatic carbocycles. The second-order valence-corrected chi connectivity index (χ2v) is 4.75. The fraction of sp³-hybridized carbons (Fsp3) is 0.125. The smallest absolute Gasteiger partial charge is 0.278 e. The molecule has 6 heteroatoms. The number of halogens is 2. The summed E-state index contributed by atoms with van der Waals surface area (Å²) < 4.78 is 18.7. The van der Waals surface area contributed by atoms with Crippen LogP contribution in [-0.4, -0.2) is 19.2 Å². The number of carbonyl (C=O) groups is 1. The Bertz CT molecular complexity index is 702. The van der Waals surface area contributed by atoms with Crippen molar-refractivity contribution in [3.05, 3.63) is 58.9 Å². The van der Waals surface area contributed by atoms with Crippen LogP contribution in [0.2, 0.25) is 5.02 Å². The van der Waals surface area contributed by atoms with Gasteiger partial charge in [0.2, 0.25) is 0 Å². The van der Waals surface area contributed by atoms with E-state index in [-0.39, 0.29) is 11.7 Å². The summed E-state index contributed by atoms with van der Waals surface area (Å²) in [7, 11) is 1.37. The van der Waals surface area contributed by atoms with Crippen LogP contribution in [0.4, 0.5) is 10.1 Å². The van der Waals surface area contributed by atoms with Crippen LogP contribution in [-0.2, 0) is 0 Å². The van der Waals surface area contributed by atoms with Crippen LogP contribution in [0.1, 0.15) is 17.3 Å². The van der Waals surface area contributed by atoms with Crippen LogP contribution in [0, 0.1) is 5.82 Å². The van der Waals surface area contributed by atoms with Crippen molar-refractivity contribution in [2.45, 2.75) is 6.92 Å². The van der Waals surface area contributed by atoms with Gasteiger partial charge in [0.25, 0.3) is 5.91 Å². The first-order valence-corrected chi connectivity index (χ1v) is 6.86. The SMILES string of the molecule is C/C=N\N(C(=O)c1ccc(Cl)cc1)c1ccc(OC)c(F)c1. The Hall–Kier alpha value is -2.40. The molecule has 4 nitrogen and oxygen atoms in total. The van der Waals surface area contributed by atoms with Crippen molar-refractivity contribution in [1.82, 2.24) is 0 Å². The van der Waals surface area contributed by atoms with Crippen molar-refractivity contribution in [3.63, 3.8) is 0 Å². The maximum Gasteiger partial charge on any atom is 0.278 e. The minimum absolute atomic E-state index is 0.100. The lowest BCUT2D eigenvalue weighted by molar-refractivity contribution is 0.0987. The fourth-order valence-electron chi connectivity index (χ4n) is 1.85. The third-order valence-electron chi connectivity index (χ3n) is 2.89.